The maximum Gasteiger partial charge on any atom is 0.311 e. The van der Waals surface area contributed by atoms with Gasteiger partial charge in [0.2, 0.25) is 0 Å². The Balaban J connectivity index is 2.20. The first-order chi connectivity index (χ1) is 8.72. The molecule has 3 nitrogen and oxygen atoms in total. The molecule has 1 aliphatic heterocycles. The number of rotatable bonds is 4. The zero-order chi connectivity index (χ0) is 13.0. The molecule has 0 radical (unpaired) electrons. The van der Waals surface area contributed by atoms with Crippen molar-refractivity contribution in [3.63, 3.8) is 0 Å². The monoisotopic (exact) mass is 265 g/mol. The summed E-state index contributed by atoms with van der Waals surface area (Å²) in [5.74, 6) is -0.800. The van der Waals surface area contributed by atoms with Crippen LogP contribution in [0.25, 0.3) is 0 Å². The van der Waals surface area contributed by atoms with Gasteiger partial charge in [-0.2, -0.15) is 0 Å². The van der Waals surface area contributed by atoms with Gasteiger partial charge in [-0.25, -0.2) is 0 Å². The largest absolute Gasteiger partial charge is 0.481 e. The lowest BCUT2D eigenvalue weighted by Gasteiger charge is -2.28. The Labute approximate surface area is 112 Å². The summed E-state index contributed by atoms with van der Waals surface area (Å²) in [7, 11) is 0. The number of hydrogen-bond acceptors (Lipinski definition) is 3. The summed E-state index contributed by atoms with van der Waals surface area (Å²) in [4.78, 5) is 12.7. The standard InChI is InChI=1S/C14H19NO2S/c1-18-12-4-2-10(3-5-12)13(14(16)17)11-6-8-15-9-7-11/h2-5,11,13,15H,6-9H2,1H3,(H,16,17). The van der Waals surface area contributed by atoms with Crippen molar-refractivity contribution in [3.05, 3.63) is 29.8 Å². The summed E-state index contributed by atoms with van der Waals surface area (Å²) in [5.41, 5.74) is 0.937. The molecule has 1 aliphatic rings. The van der Waals surface area contributed by atoms with E-state index in [9.17, 15) is 9.90 Å². The molecule has 0 amide bonds. The molecule has 18 heavy (non-hydrogen) atoms. The van der Waals surface area contributed by atoms with Crippen molar-refractivity contribution in [2.45, 2.75) is 23.7 Å². The van der Waals surface area contributed by atoms with Crippen LogP contribution in [-0.2, 0) is 4.79 Å². The second kappa shape index (κ2) is 6.25. The van der Waals surface area contributed by atoms with Crippen molar-refractivity contribution < 1.29 is 9.90 Å². The van der Waals surface area contributed by atoms with E-state index in [0.29, 0.717) is 0 Å². The van der Waals surface area contributed by atoms with Crippen LogP contribution >= 0.6 is 11.8 Å². The van der Waals surface area contributed by atoms with Gasteiger partial charge in [-0.1, -0.05) is 12.1 Å². The molecule has 0 saturated carbocycles. The van der Waals surface area contributed by atoms with Gasteiger partial charge < -0.3 is 10.4 Å². The molecule has 1 unspecified atom stereocenters. The molecular weight excluding hydrogens is 246 g/mol. The summed E-state index contributed by atoms with van der Waals surface area (Å²) in [6, 6.07) is 7.95. The molecule has 0 aliphatic carbocycles. The van der Waals surface area contributed by atoms with Gasteiger partial charge in [0.05, 0.1) is 5.92 Å². The molecule has 0 spiro atoms. The minimum atomic E-state index is -0.696. The lowest BCUT2D eigenvalue weighted by molar-refractivity contribution is -0.140. The molecule has 0 aromatic heterocycles. The molecule has 98 valence electrons. The zero-order valence-electron chi connectivity index (χ0n) is 10.6. The Morgan fingerprint density at radius 3 is 2.44 bits per heavy atom. The predicted molar refractivity (Wildman–Crippen MR) is 74.2 cm³/mol. The van der Waals surface area contributed by atoms with Crippen molar-refractivity contribution in [2.75, 3.05) is 19.3 Å². The number of aliphatic carboxylic acids is 1. The van der Waals surface area contributed by atoms with Gasteiger partial charge in [-0.15, -0.1) is 11.8 Å². The fourth-order valence-corrected chi connectivity index (χ4v) is 3.01. The lowest BCUT2D eigenvalue weighted by atomic mass is 9.80. The Morgan fingerprint density at radius 1 is 1.33 bits per heavy atom. The molecule has 2 rings (SSSR count). The Morgan fingerprint density at radius 2 is 1.94 bits per heavy atom. The van der Waals surface area contributed by atoms with E-state index in [2.05, 4.69) is 5.32 Å². The Kier molecular flexibility index (Phi) is 4.66. The molecule has 0 bridgehead atoms. The maximum atomic E-state index is 11.5. The van der Waals surface area contributed by atoms with Gasteiger partial charge in [-0.3, -0.25) is 4.79 Å². The highest BCUT2D eigenvalue weighted by Crippen LogP contribution is 2.32. The van der Waals surface area contributed by atoms with E-state index in [0.717, 1.165) is 31.5 Å². The van der Waals surface area contributed by atoms with Gasteiger partial charge in [0.15, 0.2) is 0 Å². The number of carboxylic acid groups (broad SMARTS) is 1. The number of carboxylic acids is 1. The van der Waals surface area contributed by atoms with Gasteiger partial charge in [0, 0.05) is 4.90 Å². The van der Waals surface area contributed by atoms with Crippen LogP contribution in [0.2, 0.25) is 0 Å². The first-order valence-corrected chi connectivity index (χ1v) is 7.52. The molecular formula is C14H19NO2S. The Hall–Kier alpha value is -1.00. The number of piperidine rings is 1. The molecule has 4 heteroatoms. The van der Waals surface area contributed by atoms with E-state index >= 15 is 0 Å². The molecule has 1 heterocycles. The van der Waals surface area contributed by atoms with Crippen molar-refractivity contribution in [2.24, 2.45) is 5.92 Å². The second-order valence-electron chi connectivity index (χ2n) is 4.68. The van der Waals surface area contributed by atoms with Gasteiger partial charge in [0.1, 0.15) is 0 Å². The van der Waals surface area contributed by atoms with Crippen LogP contribution < -0.4 is 5.32 Å². The number of carbonyl (C=O) groups is 1. The molecule has 1 atom stereocenters. The van der Waals surface area contributed by atoms with Crippen LogP contribution in [0.4, 0.5) is 0 Å². The summed E-state index contributed by atoms with van der Waals surface area (Å²) in [6.07, 6.45) is 3.92. The van der Waals surface area contributed by atoms with E-state index in [-0.39, 0.29) is 11.8 Å². The number of hydrogen-bond donors (Lipinski definition) is 2. The predicted octanol–water partition coefficient (Wildman–Crippen LogP) is 2.58. The molecule has 1 aromatic rings. The summed E-state index contributed by atoms with van der Waals surface area (Å²) < 4.78 is 0. The number of benzene rings is 1. The van der Waals surface area contributed by atoms with Crippen molar-refractivity contribution >= 4 is 17.7 Å². The van der Waals surface area contributed by atoms with Crippen LogP contribution in [0.5, 0.6) is 0 Å². The van der Waals surface area contributed by atoms with Crippen molar-refractivity contribution in [3.8, 4) is 0 Å². The first-order valence-electron chi connectivity index (χ1n) is 6.30. The molecule has 1 fully saturated rings. The van der Waals surface area contributed by atoms with Crippen LogP contribution in [0.15, 0.2) is 29.2 Å². The molecule has 1 aromatic carbocycles. The third-order valence-corrected chi connectivity index (χ3v) is 4.34. The smallest absolute Gasteiger partial charge is 0.311 e. The van der Waals surface area contributed by atoms with Gasteiger partial charge in [-0.05, 0) is 55.8 Å². The van der Waals surface area contributed by atoms with Crippen molar-refractivity contribution in [1.82, 2.24) is 5.32 Å². The lowest BCUT2D eigenvalue weighted by Crippen LogP contribution is -2.33. The third kappa shape index (κ3) is 3.06. The second-order valence-corrected chi connectivity index (χ2v) is 5.56. The average molecular weight is 265 g/mol. The topological polar surface area (TPSA) is 49.3 Å². The molecule has 1 saturated heterocycles. The Bertz CT molecular complexity index is 399. The van der Waals surface area contributed by atoms with Crippen LogP contribution in [0, 0.1) is 5.92 Å². The fraction of sp³-hybridized carbons (Fsp3) is 0.500. The van der Waals surface area contributed by atoms with E-state index in [1.165, 1.54) is 4.90 Å². The normalized spacial score (nSPS) is 18.5. The third-order valence-electron chi connectivity index (χ3n) is 3.60. The zero-order valence-corrected chi connectivity index (χ0v) is 11.4. The highest BCUT2D eigenvalue weighted by Gasteiger charge is 2.30. The van der Waals surface area contributed by atoms with Crippen LogP contribution in [0.3, 0.4) is 0 Å². The first kappa shape index (κ1) is 13.4. The van der Waals surface area contributed by atoms with E-state index in [1.54, 1.807) is 11.8 Å². The van der Waals surface area contributed by atoms with Crippen LogP contribution in [-0.4, -0.2) is 30.4 Å². The summed E-state index contributed by atoms with van der Waals surface area (Å²) in [6.45, 7) is 1.86. The van der Waals surface area contributed by atoms with Gasteiger partial charge >= 0.3 is 5.97 Å². The van der Waals surface area contributed by atoms with Crippen LogP contribution in [0.1, 0.15) is 24.3 Å². The molecule has 2 N–H and O–H groups in total. The van der Waals surface area contributed by atoms with E-state index < -0.39 is 5.97 Å². The number of nitrogens with one attached hydrogen (secondary N) is 1. The highest BCUT2D eigenvalue weighted by molar-refractivity contribution is 7.98. The minimum Gasteiger partial charge on any atom is -0.481 e. The van der Waals surface area contributed by atoms with E-state index in [1.807, 2.05) is 30.5 Å². The quantitative estimate of drug-likeness (QED) is 0.822. The SMILES string of the molecule is CSc1ccc(C(C(=O)O)C2CCNCC2)cc1. The highest BCUT2D eigenvalue weighted by atomic mass is 32.2. The maximum absolute atomic E-state index is 11.5. The number of thioether (sulfide) groups is 1. The van der Waals surface area contributed by atoms with E-state index in [4.69, 9.17) is 0 Å². The van der Waals surface area contributed by atoms with Gasteiger partial charge in [0.25, 0.3) is 0 Å². The summed E-state index contributed by atoms with van der Waals surface area (Å²) in [5, 5.41) is 12.8. The summed E-state index contributed by atoms with van der Waals surface area (Å²) >= 11 is 1.68. The average Bonchev–Trinajstić information content (AvgIpc) is 2.40. The fourth-order valence-electron chi connectivity index (χ4n) is 2.61. The minimum absolute atomic E-state index is 0.254. The van der Waals surface area contributed by atoms with Crippen molar-refractivity contribution in [1.29, 1.82) is 0 Å².